The van der Waals surface area contributed by atoms with Gasteiger partial charge in [0.25, 0.3) is 0 Å². The summed E-state index contributed by atoms with van der Waals surface area (Å²) in [6, 6.07) is 9.26. The van der Waals surface area contributed by atoms with Gasteiger partial charge in [-0.2, -0.15) is 0 Å². The molecule has 0 radical (unpaired) electrons. The van der Waals surface area contributed by atoms with E-state index in [1.165, 1.54) is 0 Å². The molecule has 2 rings (SSSR count). The summed E-state index contributed by atoms with van der Waals surface area (Å²) in [5.41, 5.74) is 2.80. The highest BCUT2D eigenvalue weighted by Gasteiger charge is 2.03. The van der Waals surface area contributed by atoms with E-state index in [9.17, 15) is 0 Å². The molecule has 1 nitrogen and oxygen atoms in total. The van der Waals surface area contributed by atoms with Crippen molar-refractivity contribution < 1.29 is 0 Å². The molecule has 0 atom stereocenters. The zero-order valence-electron chi connectivity index (χ0n) is 8.25. The van der Waals surface area contributed by atoms with Gasteiger partial charge in [0.2, 0.25) is 0 Å². The average molecular weight is 273 g/mol. The van der Waals surface area contributed by atoms with Crippen LogP contribution in [0.15, 0.2) is 36.5 Å². The summed E-state index contributed by atoms with van der Waals surface area (Å²) in [4.78, 5) is 4.27. The van der Waals surface area contributed by atoms with Gasteiger partial charge in [-0.3, -0.25) is 4.98 Å². The van der Waals surface area contributed by atoms with E-state index in [2.05, 4.69) is 4.98 Å². The van der Waals surface area contributed by atoms with Crippen LogP contribution >= 0.6 is 34.8 Å². The highest BCUT2D eigenvalue weighted by atomic mass is 35.5. The molecule has 0 amide bonds. The molecule has 82 valence electrons. The quantitative estimate of drug-likeness (QED) is 0.716. The summed E-state index contributed by atoms with van der Waals surface area (Å²) in [6.07, 6.45) is 1.73. The van der Waals surface area contributed by atoms with Crippen molar-refractivity contribution >= 4 is 34.8 Å². The van der Waals surface area contributed by atoms with Crippen molar-refractivity contribution in [3.8, 4) is 11.3 Å². The Morgan fingerprint density at radius 2 is 1.81 bits per heavy atom. The predicted octanol–water partition coefficient (Wildman–Crippen LogP) is 4.79. The molecule has 16 heavy (non-hydrogen) atoms. The average Bonchev–Trinajstić information content (AvgIpc) is 2.33. The smallest absolute Gasteiger partial charge is 0.0705 e. The van der Waals surface area contributed by atoms with Crippen LogP contribution in [0.4, 0.5) is 0 Å². The summed E-state index contributed by atoms with van der Waals surface area (Å²) in [5, 5.41) is 1.07. The fraction of sp³-hybridized carbons (Fsp3) is 0.0833. The van der Waals surface area contributed by atoms with E-state index in [0.29, 0.717) is 15.9 Å². The first kappa shape index (κ1) is 11.7. The normalized spacial score (nSPS) is 10.4. The largest absolute Gasteiger partial charge is 0.256 e. The lowest BCUT2D eigenvalue weighted by Crippen LogP contribution is -1.86. The van der Waals surface area contributed by atoms with E-state index >= 15 is 0 Å². The van der Waals surface area contributed by atoms with Crippen molar-refractivity contribution in [3.63, 3.8) is 0 Å². The van der Waals surface area contributed by atoms with Crippen LogP contribution < -0.4 is 0 Å². The highest BCUT2D eigenvalue weighted by Crippen LogP contribution is 2.27. The van der Waals surface area contributed by atoms with Crippen molar-refractivity contribution in [1.29, 1.82) is 0 Å². The third-order valence-corrected chi connectivity index (χ3v) is 3.24. The minimum absolute atomic E-state index is 0.469. The number of rotatable bonds is 2. The number of hydrogen-bond donors (Lipinski definition) is 0. The van der Waals surface area contributed by atoms with Crippen molar-refractivity contribution in [1.82, 2.24) is 4.98 Å². The lowest BCUT2D eigenvalue weighted by molar-refractivity contribution is 1.27. The molecule has 0 bridgehead atoms. The van der Waals surface area contributed by atoms with Crippen LogP contribution in [0.25, 0.3) is 11.3 Å². The van der Waals surface area contributed by atoms with Crippen LogP contribution in [0.2, 0.25) is 10.0 Å². The molecule has 0 aliphatic heterocycles. The van der Waals surface area contributed by atoms with E-state index < -0.39 is 0 Å². The molecule has 0 N–H and O–H groups in total. The van der Waals surface area contributed by atoms with Gasteiger partial charge in [0, 0.05) is 17.6 Å². The lowest BCUT2D eigenvalue weighted by Gasteiger charge is -2.04. The van der Waals surface area contributed by atoms with Crippen molar-refractivity contribution in [3.05, 3.63) is 52.1 Å². The summed E-state index contributed by atoms with van der Waals surface area (Å²) >= 11 is 17.6. The Labute approximate surface area is 109 Å². The molecule has 4 heteroatoms. The fourth-order valence-corrected chi connectivity index (χ4v) is 1.84. The van der Waals surface area contributed by atoms with E-state index in [0.717, 1.165) is 16.8 Å². The monoisotopic (exact) mass is 271 g/mol. The topological polar surface area (TPSA) is 12.9 Å². The van der Waals surface area contributed by atoms with Crippen LogP contribution in [0.3, 0.4) is 0 Å². The van der Waals surface area contributed by atoms with Gasteiger partial charge in [0.15, 0.2) is 0 Å². The minimum Gasteiger partial charge on any atom is -0.256 e. The molecule has 0 aliphatic carbocycles. The molecular weight excluding hydrogens is 264 g/mol. The molecule has 1 aromatic heterocycles. The molecule has 0 unspecified atom stereocenters. The predicted molar refractivity (Wildman–Crippen MR) is 69.3 cm³/mol. The van der Waals surface area contributed by atoms with Gasteiger partial charge in [0.05, 0.1) is 15.7 Å². The molecule has 0 saturated carbocycles. The van der Waals surface area contributed by atoms with Crippen molar-refractivity contribution in [2.24, 2.45) is 0 Å². The molecule has 1 aromatic carbocycles. The van der Waals surface area contributed by atoms with Crippen molar-refractivity contribution in [2.45, 2.75) is 5.88 Å². The van der Waals surface area contributed by atoms with Gasteiger partial charge in [-0.05, 0) is 29.8 Å². The van der Waals surface area contributed by atoms with Gasteiger partial charge >= 0.3 is 0 Å². The standard InChI is InChI=1S/C12H8Cl3N/c13-7-8-3-4-16-12(5-8)9-1-2-10(14)11(15)6-9/h1-6H,7H2. The minimum atomic E-state index is 0.469. The van der Waals surface area contributed by atoms with Gasteiger partial charge in [-0.25, -0.2) is 0 Å². The third-order valence-electron chi connectivity index (χ3n) is 2.19. The molecule has 0 aliphatic rings. The molecular formula is C12H8Cl3N. The molecule has 0 saturated heterocycles. The van der Waals surface area contributed by atoms with Crippen molar-refractivity contribution in [2.75, 3.05) is 0 Å². The van der Waals surface area contributed by atoms with Crippen LogP contribution in [-0.2, 0) is 5.88 Å². The van der Waals surface area contributed by atoms with E-state index in [1.54, 1.807) is 18.3 Å². The summed E-state index contributed by atoms with van der Waals surface area (Å²) in [6.45, 7) is 0. The SMILES string of the molecule is ClCc1ccnc(-c2ccc(Cl)c(Cl)c2)c1. The number of pyridine rings is 1. The maximum Gasteiger partial charge on any atom is 0.0705 e. The highest BCUT2D eigenvalue weighted by molar-refractivity contribution is 6.42. The first-order chi connectivity index (χ1) is 7.70. The van der Waals surface area contributed by atoms with Gasteiger partial charge < -0.3 is 0 Å². The summed E-state index contributed by atoms with van der Waals surface area (Å²) in [7, 11) is 0. The first-order valence-corrected chi connectivity index (χ1v) is 5.96. The van der Waals surface area contributed by atoms with Crippen LogP contribution in [0, 0.1) is 0 Å². The second-order valence-corrected chi connectivity index (χ2v) is 4.39. The Kier molecular flexibility index (Phi) is 3.70. The molecule has 0 spiro atoms. The number of aromatic nitrogens is 1. The maximum absolute atomic E-state index is 5.95. The van der Waals surface area contributed by atoms with E-state index in [-0.39, 0.29) is 0 Å². The Morgan fingerprint density at radius 1 is 1.00 bits per heavy atom. The Hall–Kier alpha value is -0.760. The Bertz CT molecular complexity index is 511. The van der Waals surface area contributed by atoms with Gasteiger partial charge in [-0.15, -0.1) is 11.6 Å². The lowest BCUT2D eigenvalue weighted by atomic mass is 10.1. The number of hydrogen-bond acceptors (Lipinski definition) is 1. The number of nitrogens with zero attached hydrogens (tertiary/aromatic N) is 1. The Morgan fingerprint density at radius 3 is 2.50 bits per heavy atom. The number of halogens is 3. The Balaban J connectivity index is 2.46. The molecule has 2 aromatic rings. The van der Waals surface area contributed by atoms with E-state index in [1.807, 2.05) is 18.2 Å². The van der Waals surface area contributed by atoms with Gasteiger partial charge in [-0.1, -0.05) is 29.3 Å². The maximum atomic E-state index is 5.95. The fourth-order valence-electron chi connectivity index (χ4n) is 1.37. The third kappa shape index (κ3) is 2.49. The second kappa shape index (κ2) is 5.05. The second-order valence-electron chi connectivity index (χ2n) is 3.31. The van der Waals surface area contributed by atoms with Gasteiger partial charge in [0.1, 0.15) is 0 Å². The van der Waals surface area contributed by atoms with Crippen LogP contribution in [-0.4, -0.2) is 4.98 Å². The first-order valence-electron chi connectivity index (χ1n) is 4.67. The zero-order chi connectivity index (χ0) is 11.5. The summed E-state index contributed by atoms with van der Waals surface area (Å²) < 4.78 is 0. The number of alkyl halides is 1. The number of benzene rings is 1. The van der Waals surface area contributed by atoms with Crippen LogP contribution in [0.5, 0.6) is 0 Å². The van der Waals surface area contributed by atoms with Crippen LogP contribution in [0.1, 0.15) is 5.56 Å². The van der Waals surface area contributed by atoms with E-state index in [4.69, 9.17) is 34.8 Å². The summed E-state index contributed by atoms with van der Waals surface area (Å²) in [5.74, 6) is 0.469. The zero-order valence-corrected chi connectivity index (χ0v) is 10.5. The molecule has 1 heterocycles. The molecule has 0 fully saturated rings.